The van der Waals surface area contributed by atoms with Crippen LogP contribution < -0.4 is 10.1 Å². The van der Waals surface area contributed by atoms with Crippen molar-refractivity contribution in [1.29, 1.82) is 0 Å². The van der Waals surface area contributed by atoms with Gasteiger partial charge in [0.2, 0.25) is 5.13 Å². The van der Waals surface area contributed by atoms with Gasteiger partial charge in [-0.1, -0.05) is 29.4 Å². The normalized spacial score (nSPS) is 12.8. The van der Waals surface area contributed by atoms with E-state index in [4.69, 9.17) is 4.74 Å². The van der Waals surface area contributed by atoms with Gasteiger partial charge in [-0.05, 0) is 30.9 Å². The summed E-state index contributed by atoms with van der Waals surface area (Å²) in [4.78, 5) is 16.9. The van der Waals surface area contributed by atoms with Crippen LogP contribution in [-0.4, -0.2) is 28.2 Å². The van der Waals surface area contributed by atoms with Gasteiger partial charge < -0.3 is 4.74 Å². The standard InChI is InChI=1S/C20H15FN4O2S/c1-27-18-13(3-2-4-16(18)21)15-11-22-10-9-14(15)19(26)23-20-25-24-17(28-20)8-7-12-5-6-12/h2-4,9-12H,5-6H2,1H3,(H,23,25,26). The largest absolute Gasteiger partial charge is 0.493 e. The molecule has 1 N–H and O–H groups in total. The Morgan fingerprint density at radius 2 is 2.14 bits per heavy atom. The minimum atomic E-state index is -0.516. The third kappa shape index (κ3) is 3.85. The van der Waals surface area contributed by atoms with Crippen LogP contribution in [0.3, 0.4) is 0 Å². The fraction of sp³-hybridized carbons (Fsp3) is 0.200. The number of carbonyl (C=O) groups is 1. The van der Waals surface area contributed by atoms with E-state index in [0.717, 1.165) is 12.8 Å². The Hall–Kier alpha value is -3.31. The van der Waals surface area contributed by atoms with Gasteiger partial charge in [-0.3, -0.25) is 15.1 Å². The molecule has 2 aromatic heterocycles. The van der Waals surface area contributed by atoms with Crippen molar-refractivity contribution >= 4 is 22.4 Å². The Labute approximate surface area is 164 Å². The van der Waals surface area contributed by atoms with Gasteiger partial charge in [0, 0.05) is 29.4 Å². The number of rotatable bonds is 4. The molecule has 0 saturated heterocycles. The highest BCUT2D eigenvalue weighted by molar-refractivity contribution is 7.15. The van der Waals surface area contributed by atoms with E-state index in [1.807, 2.05) is 0 Å². The summed E-state index contributed by atoms with van der Waals surface area (Å²) in [6, 6.07) is 6.08. The number of ether oxygens (including phenoxy) is 1. The van der Waals surface area contributed by atoms with Gasteiger partial charge in [0.1, 0.15) is 0 Å². The van der Waals surface area contributed by atoms with Crippen molar-refractivity contribution in [3.05, 3.63) is 53.0 Å². The molecule has 3 aromatic rings. The number of hydrogen-bond donors (Lipinski definition) is 1. The summed E-state index contributed by atoms with van der Waals surface area (Å²) in [6.07, 6.45) is 5.25. The van der Waals surface area contributed by atoms with Crippen molar-refractivity contribution in [1.82, 2.24) is 15.2 Å². The van der Waals surface area contributed by atoms with Crippen molar-refractivity contribution in [2.75, 3.05) is 12.4 Å². The number of hydrogen-bond acceptors (Lipinski definition) is 6. The first-order valence-corrected chi connectivity index (χ1v) is 9.40. The Kier molecular flexibility index (Phi) is 5.00. The second kappa shape index (κ2) is 7.74. The van der Waals surface area contributed by atoms with Crippen molar-refractivity contribution in [3.8, 4) is 28.7 Å². The molecule has 0 atom stereocenters. The number of benzene rings is 1. The fourth-order valence-corrected chi connectivity index (χ4v) is 3.22. The average Bonchev–Trinajstić information content (AvgIpc) is 3.44. The van der Waals surface area contributed by atoms with E-state index in [0.29, 0.717) is 32.7 Å². The molecule has 8 heteroatoms. The van der Waals surface area contributed by atoms with E-state index >= 15 is 0 Å². The maximum Gasteiger partial charge on any atom is 0.258 e. The van der Waals surface area contributed by atoms with E-state index in [1.54, 1.807) is 18.2 Å². The summed E-state index contributed by atoms with van der Waals surface area (Å²) in [7, 11) is 1.38. The lowest BCUT2D eigenvalue weighted by atomic mass is 10.0. The maximum absolute atomic E-state index is 14.1. The zero-order valence-corrected chi connectivity index (χ0v) is 15.7. The second-order valence-corrected chi connectivity index (χ2v) is 7.13. The fourth-order valence-electron chi connectivity index (χ4n) is 2.62. The van der Waals surface area contributed by atoms with Crippen LogP contribution in [0.25, 0.3) is 11.1 Å². The predicted molar refractivity (Wildman–Crippen MR) is 104 cm³/mol. The molecule has 1 fully saturated rings. The van der Waals surface area contributed by atoms with Crippen molar-refractivity contribution in [2.24, 2.45) is 5.92 Å². The first-order valence-electron chi connectivity index (χ1n) is 8.59. The first kappa shape index (κ1) is 18.1. The van der Waals surface area contributed by atoms with E-state index in [2.05, 4.69) is 32.3 Å². The highest BCUT2D eigenvalue weighted by Crippen LogP contribution is 2.34. The van der Waals surface area contributed by atoms with E-state index in [9.17, 15) is 9.18 Å². The SMILES string of the molecule is COc1c(F)cccc1-c1cnccc1C(=O)Nc1nnc(C#CC2CC2)s1. The lowest BCUT2D eigenvalue weighted by molar-refractivity contribution is 0.102. The topological polar surface area (TPSA) is 77.0 Å². The summed E-state index contributed by atoms with van der Waals surface area (Å²) >= 11 is 1.21. The van der Waals surface area contributed by atoms with Crippen LogP contribution in [0.15, 0.2) is 36.7 Å². The smallest absolute Gasteiger partial charge is 0.258 e. The van der Waals surface area contributed by atoms with Gasteiger partial charge in [0.15, 0.2) is 16.6 Å². The number of nitrogens with zero attached hydrogens (tertiary/aromatic N) is 3. The molecular formula is C20H15FN4O2S. The van der Waals surface area contributed by atoms with Gasteiger partial charge in [-0.25, -0.2) is 4.39 Å². The number of halogens is 1. The highest BCUT2D eigenvalue weighted by Gasteiger charge is 2.20. The molecule has 140 valence electrons. The number of para-hydroxylation sites is 1. The number of anilines is 1. The van der Waals surface area contributed by atoms with Crippen LogP contribution in [-0.2, 0) is 0 Å². The van der Waals surface area contributed by atoms with Crippen LogP contribution in [0, 0.1) is 23.6 Å². The number of carbonyl (C=O) groups excluding carboxylic acids is 1. The number of pyridine rings is 1. The number of amides is 1. The zero-order valence-electron chi connectivity index (χ0n) is 14.9. The summed E-state index contributed by atoms with van der Waals surface area (Å²) in [5.41, 5.74) is 1.21. The van der Waals surface area contributed by atoms with Gasteiger partial charge in [-0.15, -0.1) is 10.2 Å². The molecule has 1 aliphatic carbocycles. The van der Waals surface area contributed by atoms with Gasteiger partial charge in [0.25, 0.3) is 5.91 Å². The summed E-state index contributed by atoms with van der Waals surface area (Å²) in [5, 5.41) is 11.6. The maximum atomic E-state index is 14.1. The molecule has 0 aliphatic heterocycles. The average molecular weight is 394 g/mol. The van der Waals surface area contributed by atoms with Crippen LogP contribution >= 0.6 is 11.3 Å². The molecular weight excluding hydrogens is 379 g/mol. The molecule has 6 nitrogen and oxygen atoms in total. The number of methoxy groups -OCH3 is 1. The van der Waals surface area contributed by atoms with Crippen molar-refractivity contribution in [3.63, 3.8) is 0 Å². The molecule has 0 spiro atoms. The molecule has 1 amide bonds. The Morgan fingerprint density at radius 3 is 2.93 bits per heavy atom. The van der Waals surface area contributed by atoms with Gasteiger partial charge in [-0.2, -0.15) is 0 Å². The molecule has 1 saturated carbocycles. The van der Waals surface area contributed by atoms with Crippen LogP contribution in [0.4, 0.5) is 9.52 Å². The lowest BCUT2D eigenvalue weighted by Crippen LogP contribution is -2.13. The summed E-state index contributed by atoms with van der Waals surface area (Å²) in [6.45, 7) is 0. The molecule has 28 heavy (non-hydrogen) atoms. The lowest BCUT2D eigenvalue weighted by Gasteiger charge is -2.12. The van der Waals surface area contributed by atoms with E-state index in [1.165, 1.54) is 36.9 Å². The van der Waals surface area contributed by atoms with Crippen LogP contribution in [0.2, 0.25) is 0 Å². The molecule has 1 aromatic carbocycles. The van der Waals surface area contributed by atoms with E-state index in [-0.39, 0.29) is 5.75 Å². The zero-order chi connectivity index (χ0) is 19.5. The third-order valence-electron chi connectivity index (χ3n) is 4.13. The summed E-state index contributed by atoms with van der Waals surface area (Å²) in [5.74, 6) is 5.68. The van der Waals surface area contributed by atoms with Gasteiger partial charge in [0.05, 0.1) is 12.7 Å². The van der Waals surface area contributed by atoms with Gasteiger partial charge >= 0.3 is 0 Å². The summed E-state index contributed by atoms with van der Waals surface area (Å²) < 4.78 is 19.2. The minimum Gasteiger partial charge on any atom is -0.493 e. The molecule has 1 aliphatic rings. The molecule has 0 radical (unpaired) electrons. The Morgan fingerprint density at radius 1 is 1.29 bits per heavy atom. The monoisotopic (exact) mass is 394 g/mol. The van der Waals surface area contributed by atoms with Crippen molar-refractivity contribution < 1.29 is 13.9 Å². The highest BCUT2D eigenvalue weighted by atomic mass is 32.1. The van der Waals surface area contributed by atoms with Crippen LogP contribution in [0.1, 0.15) is 28.2 Å². The number of aromatic nitrogens is 3. The Balaban J connectivity index is 1.61. The molecule has 4 rings (SSSR count). The van der Waals surface area contributed by atoms with Crippen LogP contribution in [0.5, 0.6) is 5.75 Å². The Bertz CT molecular complexity index is 1100. The minimum absolute atomic E-state index is 0.0538. The molecule has 0 unspecified atom stereocenters. The quantitative estimate of drug-likeness (QED) is 0.682. The molecule has 2 heterocycles. The first-order chi connectivity index (χ1) is 13.7. The second-order valence-electron chi connectivity index (χ2n) is 6.15. The molecule has 0 bridgehead atoms. The van der Waals surface area contributed by atoms with E-state index < -0.39 is 11.7 Å². The third-order valence-corrected chi connectivity index (χ3v) is 4.89. The predicted octanol–water partition coefficient (Wildman–Crippen LogP) is 3.76. The number of nitrogens with one attached hydrogen (secondary N) is 1. The van der Waals surface area contributed by atoms with Crippen molar-refractivity contribution in [2.45, 2.75) is 12.8 Å².